The van der Waals surface area contributed by atoms with Crippen LogP contribution in [-0.2, 0) is 13.0 Å². The first-order chi connectivity index (χ1) is 22.0. The number of aromatic nitrogens is 2. The van der Waals surface area contributed by atoms with E-state index < -0.39 is 6.17 Å². The number of phenols is 1. The van der Waals surface area contributed by atoms with Gasteiger partial charge in [0.2, 0.25) is 0 Å². The zero-order chi connectivity index (χ0) is 30.3. The summed E-state index contributed by atoms with van der Waals surface area (Å²) in [5.74, 6) is 4.70. The highest BCUT2D eigenvalue weighted by atomic mass is 19.1. The second-order valence-corrected chi connectivity index (χ2v) is 14.4. The number of halogens is 1. The molecule has 0 spiro atoms. The number of aromatic hydroxyl groups is 1. The maximum absolute atomic E-state index is 14.9. The lowest BCUT2D eigenvalue weighted by Gasteiger charge is -2.38. The number of rotatable bonds is 5. The van der Waals surface area contributed by atoms with Gasteiger partial charge in [-0.15, -0.1) is 6.42 Å². The van der Waals surface area contributed by atoms with Crippen molar-refractivity contribution in [2.75, 3.05) is 42.6 Å². The summed E-state index contributed by atoms with van der Waals surface area (Å²) in [6.07, 6.45) is 13.5. The first kappa shape index (κ1) is 27.7. The molecule has 2 aromatic carbocycles. The fraction of sp³-hybridized carbons (Fsp3) is 0.556. The molecule has 1 aromatic heterocycles. The lowest BCUT2D eigenvalue weighted by Crippen LogP contribution is -2.52. The Hall–Kier alpha value is -3.61. The molecule has 1 saturated carbocycles. The van der Waals surface area contributed by atoms with Crippen LogP contribution in [0.15, 0.2) is 30.3 Å². The van der Waals surface area contributed by atoms with Crippen LogP contribution in [-0.4, -0.2) is 82.6 Å². The third-order valence-corrected chi connectivity index (χ3v) is 11.7. The average molecular weight is 609 g/mol. The molecule has 1 aliphatic carbocycles. The molecule has 2 bridgehead atoms. The molecule has 6 atom stereocenters. The van der Waals surface area contributed by atoms with E-state index in [1.54, 1.807) is 6.07 Å². The van der Waals surface area contributed by atoms with Crippen LogP contribution in [0.5, 0.6) is 11.8 Å². The number of ether oxygens (including phenoxy) is 1. The molecule has 9 heteroatoms. The molecule has 234 valence electrons. The number of alkyl halides is 1. The van der Waals surface area contributed by atoms with Crippen LogP contribution in [0.4, 0.5) is 15.9 Å². The molecule has 9 rings (SSSR count). The number of fused-ring (bicyclic) bond motifs is 7. The first-order valence-electron chi connectivity index (χ1n) is 16.9. The van der Waals surface area contributed by atoms with Crippen LogP contribution < -0.4 is 19.9 Å². The Morgan fingerprint density at radius 2 is 1.93 bits per heavy atom. The van der Waals surface area contributed by atoms with E-state index in [0.29, 0.717) is 56.2 Å². The highest BCUT2D eigenvalue weighted by Gasteiger charge is 2.58. The van der Waals surface area contributed by atoms with E-state index in [1.807, 2.05) is 24.3 Å². The van der Waals surface area contributed by atoms with Gasteiger partial charge in [0, 0.05) is 79.0 Å². The van der Waals surface area contributed by atoms with Gasteiger partial charge in [-0.2, -0.15) is 9.97 Å². The maximum Gasteiger partial charge on any atom is 0.318 e. The predicted molar refractivity (Wildman–Crippen MR) is 173 cm³/mol. The Bertz CT molecular complexity index is 1700. The van der Waals surface area contributed by atoms with E-state index in [0.717, 1.165) is 66.0 Å². The van der Waals surface area contributed by atoms with Gasteiger partial charge in [-0.1, -0.05) is 24.5 Å². The minimum Gasteiger partial charge on any atom is -0.508 e. The summed E-state index contributed by atoms with van der Waals surface area (Å²) in [5.41, 5.74) is 3.60. The Balaban J connectivity index is 1.07. The van der Waals surface area contributed by atoms with Crippen LogP contribution in [0.2, 0.25) is 0 Å². The van der Waals surface area contributed by atoms with Gasteiger partial charge in [-0.05, 0) is 62.0 Å². The van der Waals surface area contributed by atoms with Gasteiger partial charge in [0.1, 0.15) is 24.3 Å². The number of hydrogen-bond donors (Lipinski definition) is 2. The topological polar surface area (TPSA) is 77.0 Å². The molecule has 3 aromatic rings. The molecular formula is C36H41FN6O2. The first-order valence-corrected chi connectivity index (χ1v) is 16.9. The van der Waals surface area contributed by atoms with E-state index >= 15 is 0 Å². The molecule has 5 fully saturated rings. The number of nitrogens with one attached hydrogen (secondary N) is 1. The molecule has 2 N–H and O–H groups in total. The summed E-state index contributed by atoms with van der Waals surface area (Å²) in [4.78, 5) is 17.4. The number of terminal acetylenes is 1. The largest absolute Gasteiger partial charge is 0.508 e. The molecule has 5 aliphatic heterocycles. The van der Waals surface area contributed by atoms with Gasteiger partial charge in [-0.3, -0.25) is 4.90 Å². The number of phenolic OH excluding ortho intramolecular Hbond substituents is 1. The fourth-order valence-corrected chi connectivity index (χ4v) is 9.89. The summed E-state index contributed by atoms with van der Waals surface area (Å²) in [6, 6.07) is 11.3. The molecule has 45 heavy (non-hydrogen) atoms. The van der Waals surface area contributed by atoms with Crippen molar-refractivity contribution in [1.82, 2.24) is 20.2 Å². The van der Waals surface area contributed by atoms with E-state index in [4.69, 9.17) is 21.1 Å². The second-order valence-electron chi connectivity index (χ2n) is 14.4. The van der Waals surface area contributed by atoms with Gasteiger partial charge in [0.25, 0.3) is 0 Å². The molecule has 4 saturated heterocycles. The number of hydrogen-bond acceptors (Lipinski definition) is 8. The molecule has 3 unspecified atom stereocenters. The number of piperazine rings is 1. The normalized spacial score (nSPS) is 32.0. The lowest BCUT2D eigenvalue weighted by atomic mass is 9.89. The summed E-state index contributed by atoms with van der Waals surface area (Å²) < 4.78 is 21.5. The molecule has 8 nitrogen and oxygen atoms in total. The van der Waals surface area contributed by atoms with Crippen molar-refractivity contribution >= 4 is 22.3 Å². The molecule has 0 radical (unpaired) electrons. The Kier molecular flexibility index (Phi) is 6.44. The Labute approximate surface area is 264 Å². The second kappa shape index (κ2) is 10.5. The van der Waals surface area contributed by atoms with Crippen molar-refractivity contribution in [3.05, 3.63) is 47.2 Å². The SMILES string of the molecule is C#Cc1cccc2cc(O)cc(N3CCc4c(nc(OCC56C[C@H](F)CN5[C@@H]5CCC[C@@H]5C6)nc4N4CC5CCC(C4)N5)C3)c12. The summed E-state index contributed by atoms with van der Waals surface area (Å²) >= 11 is 0. The van der Waals surface area contributed by atoms with Crippen molar-refractivity contribution in [1.29, 1.82) is 0 Å². The third kappa shape index (κ3) is 4.55. The smallest absolute Gasteiger partial charge is 0.318 e. The minimum absolute atomic E-state index is 0.217. The fourth-order valence-electron chi connectivity index (χ4n) is 9.89. The van der Waals surface area contributed by atoms with Crippen molar-refractivity contribution in [3.8, 4) is 24.1 Å². The summed E-state index contributed by atoms with van der Waals surface area (Å²) in [6.45, 7) is 4.13. The highest BCUT2D eigenvalue weighted by Crippen LogP contribution is 2.52. The van der Waals surface area contributed by atoms with Gasteiger partial charge in [-0.25, -0.2) is 4.39 Å². The zero-order valence-electron chi connectivity index (χ0n) is 25.7. The van der Waals surface area contributed by atoms with Gasteiger partial charge in [0.15, 0.2) is 0 Å². The van der Waals surface area contributed by atoms with Crippen molar-refractivity contribution in [2.24, 2.45) is 5.92 Å². The number of anilines is 2. The van der Waals surface area contributed by atoms with Crippen LogP contribution in [0.3, 0.4) is 0 Å². The van der Waals surface area contributed by atoms with Crippen molar-refractivity contribution < 1.29 is 14.2 Å². The van der Waals surface area contributed by atoms with Crippen LogP contribution >= 0.6 is 0 Å². The molecular weight excluding hydrogens is 567 g/mol. The van der Waals surface area contributed by atoms with Gasteiger partial charge < -0.3 is 25.0 Å². The van der Waals surface area contributed by atoms with E-state index in [-0.39, 0.29) is 11.3 Å². The van der Waals surface area contributed by atoms with E-state index in [2.05, 4.69) is 25.9 Å². The van der Waals surface area contributed by atoms with E-state index in [1.165, 1.54) is 37.7 Å². The van der Waals surface area contributed by atoms with Crippen molar-refractivity contribution in [2.45, 2.75) is 87.7 Å². The average Bonchev–Trinajstić information content (AvgIpc) is 3.78. The lowest BCUT2D eigenvalue weighted by molar-refractivity contribution is 0.0829. The number of nitrogens with zero attached hydrogens (tertiary/aromatic N) is 5. The monoisotopic (exact) mass is 608 g/mol. The van der Waals surface area contributed by atoms with Gasteiger partial charge in [0.05, 0.1) is 17.8 Å². The number of benzene rings is 2. The predicted octanol–water partition coefficient (Wildman–Crippen LogP) is 4.55. The molecule has 6 aliphatic rings. The van der Waals surface area contributed by atoms with Crippen LogP contribution in [0, 0.1) is 18.3 Å². The third-order valence-electron chi connectivity index (χ3n) is 11.7. The zero-order valence-corrected chi connectivity index (χ0v) is 25.7. The Morgan fingerprint density at radius 3 is 2.78 bits per heavy atom. The van der Waals surface area contributed by atoms with E-state index in [9.17, 15) is 9.50 Å². The maximum atomic E-state index is 14.9. The van der Waals surface area contributed by atoms with Crippen molar-refractivity contribution in [3.63, 3.8) is 0 Å². The van der Waals surface area contributed by atoms with Gasteiger partial charge >= 0.3 is 6.01 Å². The molecule has 0 amide bonds. The van der Waals surface area contributed by atoms with Crippen LogP contribution in [0.1, 0.15) is 61.8 Å². The minimum atomic E-state index is -0.801. The Morgan fingerprint density at radius 1 is 1.07 bits per heavy atom. The summed E-state index contributed by atoms with van der Waals surface area (Å²) in [5, 5.41) is 16.3. The summed E-state index contributed by atoms with van der Waals surface area (Å²) in [7, 11) is 0. The van der Waals surface area contributed by atoms with Crippen LogP contribution in [0.25, 0.3) is 10.8 Å². The molecule has 6 heterocycles. The standard InChI is InChI=1S/C36H41FN6O2/c1-2-22-5-3-6-23-13-28(44)14-32(33(22)23)41-12-11-29-30(20-41)39-35(40-34(29)42-18-26-9-10-27(19-42)38-26)45-21-36-15-24-7-4-8-31(24)43(36)17-25(37)16-36/h1,3,5-6,13-14,24-27,31,38,44H,4,7-12,15-21H2/t24-,25+,26?,27?,31-,36?/m1/s1. The highest BCUT2D eigenvalue weighted by molar-refractivity contribution is 6.00. The quantitative estimate of drug-likeness (QED) is 0.409.